The van der Waals surface area contributed by atoms with Gasteiger partial charge >= 0.3 is 0 Å². The van der Waals surface area contributed by atoms with Crippen molar-refractivity contribution in [2.75, 3.05) is 18.4 Å². The van der Waals surface area contributed by atoms with Gasteiger partial charge < -0.3 is 5.32 Å². The van der Waals surface area contributed by atoms with Crippen LogP contribution in [0, 0.1) is 27.7 Å². The first-order chi connectivity index (χ1) is 12.7. The maximum atomic E-state index is 12.2. The Morgan fingerprint density at radius 1 is 1.07 bits per heavy atom. The van der Waals surface area contributed by atoms with E-state index in [0.29, 0.717) is 28.2 Å². The Kier molecular flexibility index (Phi) is 5.59. The molecule has 144 valence electrons. The van der Waals surface area contributed by atoms with Crippen molar-refractivity contribution in [3.63, 3.8) is 0 Å². The number of hydrogen-bond acceptors (Lipinski definition) is 7. The fourth-order valence-corrected chi connectivity index (χ4v) is 4.98. The molecule has 3 rings (SSSR count). The van der Waals surface area contributed by atoms with Crippen molar-refractivity contribution in [2.45, 2.75) is 31.9 Å². The summed E-state index contributed by atoms with van der Waals surface area (Å²) in [6, 6.07) is 7.18. The Bertz CT molecular complexity index is 1060. The number of aromatic nitrogens is 4. The van der Waals surface area contributed by atoms with Gasteiger partial charge in [-0.15, -0.1) is 11.3 Å². The largest absolute Gasteiger partial charge is 0.369 e. The summed E-state index contributed by atoms with van der Waals surface area (Å²) < 4.78 is 29.1. The van der Waals surface area contributed by atoms with E-state index in [1.807, 2.05) is 33.8 Å². The summed E-state index contributed by atoms with van der Waals surface area (Å²) in [5, 5.41) is 7.57. The number of rotatable bonds is 7. The zero-order valence-corrected chi connectivity index (χ0v) is 17.3. The first-order valence-corrected chi connectivity index (χ1v) is 10.7. The Hall–Kier alpha value is -2.30. The molecular weight excluding hydrogens is 384 g/mol. The quantitative estimate of drug-likeness (QED) is 0.584. The first kappa shape index (κ1) is 19.5. The molecule has 0 spiro atoms. The van der Waals surface area contributed by atoms with E-state index >= 15 is 0 Å². The molecule has 0 aliphatic rings. The molecule has 3 heterocycles. The molecule has 0 saturated heterocycles. The highest BCUT2D eigenvalue weighted by Crippen LogP contribution is 2.20. The lowest BCUT2D eigenvalue weighted by molar-refractivity contribution is 0.585. The van der Waals surface area contributed by atoms with E-state index in [2.05, 4.69) is 25.1 Å². The van der Waals surface area contributed by atoms with E-state index in [-0.39, 0.29) is 6.54 Å². The molecule has 0 atom stereocenters. The minimum absolute atomic E-state index is 0.248. The number of hydrogen-bond donors (Lipinski definition) is 2. The molecule has 0 saturated carbocycles. The molecule has 10 heteroatoms. The zero-order chi connectivity index (χ0) is 19.6. The van der Waals surface area contributed by atoms with Gasteiger partial charge in [0, 0.05) is 29.7 Å². The molecule has 3 aromatic rings. The number of nitrogens with one attached hydrogen (secondary N) is 2. The molecule has 0 aromatic carbocycles. The van der Waals surface area contributed by atoms with Crippen molar-refractivity contribution < 1.29 is 8.42 Å². The topological polar surface area (TPSA) is 102 Å². The lowest BCUT2D eigenvalue weighted by Crippen LogP contribution is -2.28. The zero-order valence-electron chi connectivity index (χ0n) is 15.6. The molecule has 0 aliphatic carbocycles. The second-order valence-electron chi connectivity index (χ2n) is 6.19. The van der Waals surface area contributed by atoms with Crippen molar-refractivity contribution in [1.82, 2.24) is 24.5 Å². The van der Waals surface area contributed by atoms with Crippen LogP contribution in [-0.4, -0.2) is 41.3 Å². The summed E-state index contributed by atoms with van der Waals surface area (Å²) >= 11 is 1.25. The van der Waals surface area contributed by atoms with Crippen LogP contribution in [0.3, 0.4) is 0 Å². The summed E-state index contributed by atoms with van der Waals surface area (Å²) in [5.74, 6) is 1.90. The summed E-state index contributed by atoms with van der Waals surface area (Å²) in [7, 11) is -3.47. The van der Waals surface area contributed by atoms with Gasteiger partial charge in [0.05, 0.1) is 5.69 Å². The third-order valence-electron chi connectivity index (χ3n) is 3.75. The molecule has 0 radical (unpaired) electrons. The molecule has 3 aromatic heterocycles. The molecule has 27 heavy (non-hydrogen) atoms. The maximum absolute atomic E-state index is 12.2. The third-order valence-corrected chi connectivity index (χ3v) is 6.71. The summed E-state index contributed by atoms with van der Waals surface area (Å²) in [6.45, 7) is 8.23. The maximum Gasteiger partial charge on any atom is 0.250 e. The Balaban J connectivity index is 1.64. The number of thiophene rings is 1. The van der Waals surface area contributed by atoms with Crippen LogP contribution in [0.25, 0.3) is 5.82 Å². The van der Waals surface area contributed by atoms with Gasteiger partial charge in [0.2, 0.25) is 10.0 Å². The van der Waals surface area contributed by atoms with Crippen molar-refractivity contribution >= 4 is 27.2 Å². The number of nitrogens with zero attached hydrogens (tertiary/aromatic N) is 4. The monoisotopic (exact) mass is 406 g/mol. The SMILES string of the molecule is Cc1cc(C)n(-c2cc(NCCNS(=O)(=O)c3ccc(C)s3)nc(C)n2)n1. The van der Waals surface area contributed by atoms with Gasteiger partial charge in [-0.25, -0.2) is 27.8 Å². The predicted octanol–water partition coefficient (Wildman–Crippen LogP) is 2.35. The summed E-state index contributed by atoms with van der Waals surface area (Å²) in [5.41, 5.74) is 1.90. The summed E-state index contributed by atoms with van der Waals surface area (Å²) in [4.78, 5) is 9.74. The van der Waals surface area contributed by atoms with E-state index < -0.39 is 10.0 Å². The normalized spacial score (nSPS) is 11.7. The van der Waals surface area contributed by atoms with E-state index in [1.165, 1.54) is 11.3 Å². The highest BCUT2D eigenvalue weighted by molar-refractivity contribution is 7.91. The van der Waals surface area contributed by atoms with Gasteiger partial charge in [-0.05, 0) is 45.9 Å². The number of aryl methyl sites for hydroxylation is 4. The van der Waals surface area contributed by atoms with Gasteiger partial charge in [0.1, 0.15) is 15.9 Å². The van der Waals surface area contributed by atoms with Gasteiger partial charge in [-0.2, -0.15) is 5.10 Å². The van der Waals surface area contributed by atoms with Crippen LogP contribution in [-0.2, 0) is 10.0 Å². The minimum Gasteiger partial charge on any atom is -0.369 e. The Morgan fingerprint density at radius 3 is 2.48 bits per heavy atom. The second-order valence-corrected chi connectivity index (χ2v) is 9.47. The molecule has 0 fully saturated rings. The van der Waals surface area contributed by atoms with Crippen molar-refractivity contribution in [3.8, 4) is 5.82 Å². The van der Waals surface area contributed by atoms with Crippen LogP contribution < -0.4 is 10.0 Å². The lowest BCUT2D eigenvalue weighted by atomic mass is 10.4. The molecule has 0 unspecified atom stereocenters. The van der Waals surface area contributed by atoms with Crippen LogP contribution in [0.5, 0.6) is 0 Å². The standard InChI is InChI=1S/C17H22N6O2S2/c1-11-9-12(2)23(22-11)16-10-15(20-14(4)21-16)18-7-8-19-27(24,25)17-6-5-13(3)26-17/h5-6,9-10,19H,7-8H2,1-4H3,(H,18,20,21). The Labute approximate surface area is 162 Å². The second kappa shape index (κ2) is 7.75. The lowest BCUT2D eigenvalue weighted by Gasteiger charge is -2.10. The van der Waals surface area contributed by atoms with E-state index in [0.717, 1.165) is 16.3 Å². The van der Waals surface area contributed by atoms with Gasteiger partial charge in [0.15, 0.2) is 5.82 Å². The highest BCUT2D eigenvalue weighted by atomic mass is 32.2. The first-order valence-electron chi connectivity index (χ1n) is 8.44. The average molecular weight is 407 g/mol. The van der Waals surface area contributed by atoms with Crippen LogP contribution in [0.15, 0.2) is 28.5 Å². The molecule has 0 aliphatic heterocycles. The van der Waals surface area contributed by atoms with Crippen LogP contribution in [0.1, 0.15) is 22.1 Å². The van der Waals surface area contributed by atoms with Crippen LogP contribution in [0.4, 0.5) is 5.82 Å². The average Bonchev–Trinajstić information content (AvgIpc) is 3.17. The van der Waals surface area contributed by atoms with Crippen molar-refractivity contribution in [3.05, 3.63) is 46.4 Å². The van der Waals surface area contributed by atoms with Crippen LogP contribution in [0.2, 0.25) is 0 Å². The van der Waals surface area contributed by atoms with Gasteiger partial charge in [0.25, 0.3) is 0 Å². The van der Waals surface area contributed by atoms with E-state index in [9.17, 15) is 8.42 Å². The van der Waals surface area contributed by atoms with E-state index in [4.69, 9.17) is 0 Å². The molecule has 2 N–H and O–H groups in total. The van der Waals surface area contributed by atoms with E-state index in [1.54, 1.807) is 22.9 Å². The van der Waals surface area contributed by atoms with Gasteiger partial charge in [-0.3, -0.25) is 0 Å². The fraction of sp³-hybridized carbons (Fsp3) is 0.353. The summed E-state index contributed by atoms with van der Waals surface area (Å²) in [6.07, 6.45) is 0. The number of sulfonamides is 1. The third kappa shape index (κ3) is 4.71. The van der Waals surface area contributed by atoms with Crippen LogP contribution >= 0.6 is 11.3 Å². The smallest absolute Gasteiger partial charge is 0.250 e. The molecule has 8 nitrogen and oxygen atoms in total. The fourth-order valence-electron chi connectivity index (χ4n) is 2.62. The van der Waals surface area contributed by atoms with Crippen molar-refractivity contribution in [1.29, 1.82) is 0 Å². The molecule has 0 amide bonds. The van der Waals surface area contributed by atoms with Crippen molar-refractivity contribution in [2.24, 2.45) is 0 Å². The predicted molar refractivity (Wildman–Crippen MR) is 106 cm³/mol. The Morgan fingerprint density at radius 2 is 1.85 bits per heavy atom. The molecular formula is C17H22N6O2S2. The number of anilines is 1. The van der Waals surface area contributed by atoms with Gasteiger partial charge in [-0.1, -0.05) is 0 Å². The minimum atomic E-state index is -3.47. The highest BCUT2D eigenvalue weighted by Gasteiger charge is 2.15. The molecule has 0 bridgehead atoms.